The lowest BCUT2D eigenvalue weighted by Crippen LogP contribution is -2.34. The fourth-order valence-electron chi connectivity index (χ4n) is 2.37. The number of aromatic nitrogens is 3. The molecule has 0 spiro atoms. The molecule has 0 aliphatic rings. The summed E-state index contributed by atoms with van der Waals surface area (Å²) >= 11 is 1.44. The number of amides is 1. The maximum atomic E-state index is 13.0. The van der Waals surface area contributed by atoms with Crippen LogP contribution >= 0.6 is 11.8 Å². The number of likely N-dealkylation sites (N-methyl/N-ethyl adjacent to an activating group) is 1. The molecule has 0 aliphatic heterocycles. The van der Waals surface area contributed by atoms with Crippen LogP contribution in [0.4, 0.5) is 0 Å². The summed E-state index contributed by atoms with van der Waals surface area (Å²) in [6, 6.07) is 9.82. The van der Waals surface area contributed by atoms with Gasteiger partial charge in [-0.25, -0.2) is 0 Å². The maximum absolute atomic E-state index is 13.0. The Bertz CT molecular complexity index is 629. The van der Waals surface area contributed by atoms with Crippen LogP contribution in [-0.2, 0) is 16.1 Å². The fourth-order valence-corrected chi connectivity index (χ4v) is 3.50. The predicted molar refractivity (Wildman–Crippen MR) is 94.9 cm³/mol. The van der Waals surface area contributed by atoms with E-state index >= 15 is 0 Å². The first-order valence-corrected chi connectivity index (χ1v) is 8.96. The zero-order valence-electron chi connectivity index (χ0n) is 14.4. The fraction of sp³-hybridized carbons (Fsp3) is 0.471. The molecule has 1 aromatic heterocycles. The van der Waals surface area contributed by atoms with Gasteiger partial charge in [0.1, 0.15) is 11.6 Å². The van der Waals surface area contributed by atoms with Crippen molar-refractivity contribution < 1.29 is 9.53 Å². The van der Waals surface area contributed by atoms with Gasteiger partial charge in [-0.3, -0.25) is 4.79 Å². The highest BCUT2D eigenvalue weighted by Crippen LogP contribution is 2.35. The second-order valence-electron chi connectivity index (χ2n) is 5.22. The zero-order valence-corrected chi connectivity index (χ0v) is 15.2. The summed E-state index contributed by atoms with van der Waals surface area (Å²) in [5.41, 5.74) is 0.973. The predicted octanol–water partition coefficient (Wildman–Crippen LogP) is 2.63. The molecule has 0 aliphatic carbocycles. The van der Waals surface area contributed by atoms with Gasteiger partial charge in [0.25, 0.3) is 0 Å². The summed E-state index contributed by atoms with van der Waals surface area (Å²) in [7, 11) is 1.66. The number of hydrogen-bond donors (Lipinski definition) is 0. The van der Waals surface area contributed by atoms with Crippen LogP contribution in [-0.4, -0.2) is 52.4 Å². The van der Waals surface area contributed by atoms with Gasteiger partial charge in [-0.2, -0.15) is 0 Å². The van der Waals surface area contributed by atoms with Gasteiger partial charge in [-0.05, 0) is 19.4 Å². The molecular formula is C17H24N4O2S. The highest BCUT2D eigenvalue weighted by Gasteiger charge is 2.27. The Morgan fingerprint density at radius 2 is 2.00 bits per heavy atom. The molecule has 24 heavy (non-hydrogen) atoms. The van der Waals surface area contributed by atoms with Crippen LogP contribution in [0.1, 0.15) is 24.7 Å². The van der Waals surface area contributed by atoms with Crippen molar-refractivity contribution in [1.29, 1.82) is 0 Å². The van der Waals surface area contributed by atoms with Crippen LogP contribution in [0.25, 0.3) is 0 Å². The molecule has 2 aromatic rings. The van der Waals surface area contributed by atoms with Gasteiger partial charge in [0, 0.05) is 26.7 Å². The SMILES string of the molecule is CCN(CC)C(=O)C(Sc1nncn1CCOC)c1ccccc1. The van der Waals surface area contributed by atoms with Crippen molar-refractivity contribution in [2.75, 3.05) is 26.8 Å². The first-order valence-electron chi connectivity index (χ1n) is 8.08. The molecule has 7 heteroatoms. The smallest absolute Gasteiger partial charge is 0.240 e. The van der Waals surface area contributed by atoms with Crippen molar-refractivity contribution in [3.63, 3.8) is 0 Å². The van der Waals surface area contributed by atoms with Crippen molar-refractivity contribution in [2.24, 2.45) is 0 Å². The quantitative estimate of drug-likeness (QED) is 0.652. The number of ether oxygens (including phenoxy) is 1. The van der Waals surface area contributed by atoms with E-state index in [0.29, 0.717) is 26.2 Å². The van der Waals surface area contributed by atoms with Crippen LogP contribution in [0.2, 0.25) is 0 Å². The van der Waals surface area contributed by atoms with Crippen molar-refractivity contribution in [1.82, 2.24) is 19.7 Å². The first kappa shape index (κ1) is 18.5. The molecule has 0 fully saturated rings. The van der Waals surface area contributed by atoms with Gasteiger partial charge < -0.3 is 14.2 Å². The summed E-state index contributed by atoms with van der Waals surface area (Å²) in [4.78, 5) is 14.8. The molecular weight excluding hydrogens is 324 g/mol. The van der Waals surface area contributed by atoms with E-state index in [0.717, 1.165) is 10.7 Å². The van der Waals surface area contributed by atoms with Crippen molar-refractivity contribution in [3.05, 3.63) is 42.2 Å². The van der Waals surface area contributed by atoms with E-state index in [1.807, 2.05) is 53.6 Å². The third kappa shape index (κ3) is 4.58. The Morgan fingerprint density at radius 3 is 2.62 bits per heavy atom. The summed E-state index contributed by atoms with van der Waals surface area (Å²) in [5, 5.41) is 8.54. The van der Waals surface area contributed by atoms with Crippen LogP contribution in [0, 0.1) is 0 Å². The van der Waals surface area contributed by atoms with Gasteiger partial charge in [0.2, 0.25) is 5.91 Å². The number of carbonyl (C=O) groups excluding carboxylic acids is 1. The average Bonchev–Trinajstić information content (AvgIpc) is 3.06. The average molecular weight is 348 g/mol. The Kier molecular flexibility index (Phi) is 7.27. The van der Waals surface area contributed by atoms with Gasteiger partial charge in [-0.1, -0.05) is 42.1 Å². The number of nitrogens with zero attached hydrogens (tertiary/aromatic N) is 4. The number of carbonyl (C=O) groups is 1. The van der Waals surface area contributed by atoms with Crippen LogP contribution < -0.4 is 0 Å². The van der Waals surface area contributed by atoms with E-state index in [-0.39, 0.29) is 11.2 Å². The molecule has 0 saturated carbocycles. The lowest BCUT2D eigenvalue weighted by Gasteiger charge is -2.25. The first-order chi connectivity index (χ1) is 11.7. The van der Waals surface area contributed by atoms with Gasteiger partial charge in [0.05, 0.1) is 6.61 Å². The molecule has 2 rings (SSSR count). The molecule has 1 heterocycles. The van der Waals surface area contributed by atoms with Crippen molar-refractivity contribution >= 4 is 17.7 Å². The van der Waals surface area contributed by atoms with E-state index in [2.05, 4.69) is 10.2 Å². The molecule has 1 unspecified atom stereocenters. The third-order valence-corrected chi connectivity index (χ3v) is 4.98. The number of hydrogen-bond acceptors (Lipinski definition) is 5. The van der Waals surface area contributed by atoms with E-state index in [4.69, 9.17) is 4.74 Å². The third-order valence-electron chi connectivity index (χ3n) is 3.74. The normalized spacial score (nSPS) is 12.1. The van der Waals surface area contributed by atoms with E-state index in [1.54, 1.807) is 13.4 Å². The maximum Gasteiger partial charge on any atom is 0.240 e. The minimum atomic E-state index is -0.336. The number of methoxy groups -OCH3 is 1. The highest BCUT2D eigenvalue weighted by atomic mass is 32.2. The molecule has 1 aromatic carbocycles. The Balaban J connectivity index is 2.27. The lowest BCUT2D eigenvalue weighted by molar-refractivity contribution is -0.130. The molecule has 0 bridgehead atoms. The van der Waals surface area contributed by atoms with Gasteiger partial charge >= 0.3 is 0 Å². The summed E-state index contributed by atoms with van der Waals surface area (Å²) < 4.78 is 7.04. The second kappa shape index (κ2) is 9.44. The molecule has 1 amide bonds. The molecule has 6 nitrogen and oxygen atoms in total. The Morgan fingerprint density at radius 1 is 1.29 bits per heavy atom. The highest BCUT2D eigenvalue weighted by molar-refractivity contribution is 8.00. The van der Waals surface area contributed by atoms with Crippen LogP contribution in [0.5, 0.6) is 0 Å². The standard InChI is InChI=1S/C17H24N4O2S/c1-4-20(5-2)16(22)15(14-9-7-6-8-10-14)24-17-19-18-13-21(17)11-12-23-3/h6-10,13,15H,4-5,11-12H2,1-3H3. The molecule has 0 radical (unpaired) electrons. The van der Waals surface area contributed by atoms with Crippen molar-refractivity contribution in [2.45, 2.75) is 30.8 Å². The van der Waals surface area contributed by atoms with E-state index in [9.17, 15) is 4.79 Å². The van der Waals surface area contributed by atoms with Crippen molar-refractivity contribution in [3.8, 4) is 0 Å². The summed E-state index contributed by atoms with van der Waals surface area (Å²) in [5.74, 6) is 0.0949. The zero-order chi connectivity index (χ0) is 17.4. The summed E-state index contributed by atoms with van der Waals surface area (Å²) in [6.07, 6.45) is 1.67. The topological polar surface area (TPSA) is 60.2 Å². The lowest BCUT2D eigenvalue weighted by atomic mass is 10.1. The largest absolute Gasteiger partial charge is 0.383 e. The van der Waals surface area contributed by atoms with E-state index in [1.165, 1.54) is 11.8 Å². The Hall–Kier alpha value is -1.86. The molecule has 130 valence electrons. The van der Waals surface area contributed by atoms with Gasteiger partial charge in [-0.15, -0.1) is 10.2 Å². The van der Waals surface area contributed by atoms with Crippen LogP contribution in [0.15, 0.2) is 41.8 Å². The molecule has 1 atom stereocenters. The van der Waals surface area contributed by atoms with Gasteiger partial charge in [0.15, 0.2) is 5.16 Å². The number of rotatable bonds is 9. The second-order valence-corrected chi connectivity index (χ2v) is 6.29. The Labute approximate surface area is 147 Å². The number of benzene rings is 1. The molecule has 0 saturated heterocycles. The monoisotopic (exact) mass is 348 g/mol. The van der Waals surface area contributed by atoms with E-state index < -0.39 is 0 Å². The number of thioether (sulfide) groups is 1. The molecule has 0 N–H and O–H groups in total. The minimum absolute atomic E-state index is 0.0949. The minimum Gasteiger partial charge on any atom is -0.383 e. The van der Waals surface area contributed by atoms with Crippen LogP contribution in [0.3, 0.4) is 0 Å². The summed E-state index contributed by atoms with van der Waals surface area (Å²) in [6.45, 7) is 6.61.